The molecule has 0 atom stereocenters. The summed E-state index contributed by atoms with van der Waals surface area (Å²) in [7, 11) is 0. The molecule has 0 radical (unpaired) electrons. The van der Waals surface area contributed by atoms with Gasteiger partial charge in [-0.25, -0.2) is 0 Å². The van der Waals surface area contributed by atoms with Gasteiger partial charge < -0.3 is 14.3 Å². The smallest absolute Gasteiger partial charge is 0.240 e. The lowest BCUT2D eigenvalue weighted by atomic mass is 10.0. The van der Waals surface area contributed by atoms with Crippen molar-refractivity contribution in [2.24, 2.45) is 0 Å². The van der Waals surface area contributed by atoms with Gasteiger partial charge in [0.05, 0.1) is 12.0 Å². The predicted molar refractivity (Wildman–Crippen MR) is 149 cm³/mol. The summed E-state index contributed by atoms with van der Waals surface area (Å²) < 4.78 is 7.98. The van der Waals surface area contributed by atoms with Crippen molar-refractivity contribution in [2.75, 3.05) is 0 Å². The third kappa shape index (κ3) is 4.69. The molecular weight excluding hydrogens is 456 g/mol. The van der Waals surface area contributed by atoms with Crippen LogP contribution in [-0.2, 0) is 17.9 Å². The van der Waals surface area contributed by atoms with E-state index in [0.717, 1.165) is 44.8 Å². The van der Waals surface area contributed by atoms with Crippen LogP contribution in [0.15, 0.2) is 132 Å². The number of rotatable bonds is 7. The third-order valence-corrected chi connectivity index (χ3v) is 6.62. The number of carbonyl (C=O) groups excluding carboxylic acids is 1. The molecule has 0 aliphatic rings. The second-order valence-electron chi connectivity index (χ2n) is 9.05. The monoisotopic (exact) mass is 482 g/mol. The summed E-state index contributed by atoms with van der Waals surface area (Å²) in [4.78, 5) is 13.3. The molecule has 0 aliphatic carbocycles. The Morgan fingerprint density at radius 2 is 1.43 bits per heavy atom. The van der Waals surface area contributed by atoms with Crippen molar-refractivity contribution in [1.29, 1.82) is 0 Å². The molecule has 0 unspecified atom stereocenters. The fraction of sp³-hybridized carbons (Fsp3) is 0.0606. The summed E-state index contributed by atoms with van der Waals surface area (Å²) >= 11 is 0. The number of furan rings is 1. The summed E-state index contributed by atoms with van der Waals surface area (Å²) in [6, 6.07) is 41.0. The summed E-state index contributed by atoms with van der Waals surface area (Å²) in [5.41, 5.74) is 6.05. The first-order valence-electron chi connectivity index (χ1n) is 12.4. The van der Waals surface area contributed by atoms with E-state index in [0.29, 0.717) is 6.54 Å². The Balaban J connectivity index is 1.48. The van der Waals surface area contributed by atoms with Crippen LogP contribution in [0.5, 0.6) is 0 Å². The highest BCUT2D eigenvalue weighted by molar-refractivity contribution is 5.91. The quantitative estimate of drug-likeness (QED) is 0.255. The molecule has 6 rings (SSSR count). The van der Waals surface area contributed by atoms with Crippen LogP contribution in [0.2, 0.25) is 0 Å². The Hall–Kier alpha value is -4.83. The zero-order valence-corrected chi connectivity index (χ0v) is 20.3. The minimum atomic E-state index is -0.0612. The molecule has 4 aromatic carbocycles. The van der Waals surface area contributed by atoms with Crippen LogP contribution in [0.25, 0.3) is 44.6 Å². The minimum Gasteiger partial charge on any atom is -0.463 e. The first kappa shape index (κ1) is 22.6. The average Bonchev–Trinajstić information content (AvgIpc) is 3.61. The molecule has 6 aromatic rings. The number of nitrogens with one attached hydrogen (secondary N) is 1. The second-order valence-corrected chi connectivity index (χ2v) is 9.05. The van der Waals surface area contributed by atoms with Gasteiger partial charge in [0.1, 0.15) is 6.54 Å². The molecule has 2 heterocycles. The number of benzene rings is 4. The molecule has 0 saturated carbocycles. The summed E-state index contributed by atoms with van der Waals surface area (Å²) in [5, 5.41) is 5.42. The molecule has 0 bridgehead atoms. The highest BCUT2D eigenvalue weighted by atomic mass is 16.3. The van der Waals surface area contributed by atoms with Gasteiger partial charge in [-0.3, -0.25) is 4.79 Å². The first-order chi connectivity index (χ1) is 18.3. The Bertz CT molecular complexity index is 1650. The molecule has 1 amide bonds. The summed E-state index contributed by atoms with van der Waals surface area (Å²) in [6.45, 7) is 0.645. The van der Waals surface area contributed by atoms with Crippen molar-refractivity contribution >= 4 is 16.7 Å². The fourth-order valence-electron chi connectivity index (χ4n) is 4.81. The summed E-state index contributed by atoms with van der Waals surface area (Å²) in [6.07, 6.45) is 1.67. The van der Waals surface area contributed by atoms with Crippen molar-refractivity contribution < 1.29 is 9.21 Å². The lowest BCUT2D eigenvalue weighted by Gasteiger charge is -2.14. The van der Waals surface area contributed by atoms with Gasteiger partial charge in [0, 0.05) is 17.8 Å². The molecule has 4 heteroatoms. The van der Waals surface area contributed by atoms with Crippen molar-refractivity contribution in [3.05, 3.63) is 133 Å². The SMILES string of the molecule is O=C(Cn1c(-c2ccc3ccccc3c2)cc(-c2ccccc2)c1-c1ccco1)NCc1ccccc1. The highest BCUT2D eigenvalue weighted by Gasteiger charge is 2.22. The van der Waals surface area contributed by atoms with Crippen LogP contribution in [0.4, 0.5) is 0 Å². The Kier molecular flexibility index (Phi) is 6.14. The van der Waals surface area contributed by atoms with Gasteiger partial charge in [-0.2, -0.15) is 0 Å². The number of hydrogen-bond donors (Lipinski definition) is 1. The van der Waals surface area contributed by atoms with Crippen molar-refractivity contribution in [2.45, 2.75) is 13.1 Å². The van der Waals surface area contributed by atoms with Crippen molar-refractivity contribution in [3.63, 3.8) is 0 Å². The summed E-state index contributed by atoms with van der Waals surface area (Å²) in [5.74, 6) is 0.663. The van der Waals surface area contributed by atoms with Gasteiger partial charge in [-0.05, 0) is 51.7 Å². The maximum atomic E-state index is 13.3. The maximum absolute atomic E-state index is 13.3. The van der Waals surface area contributed by atoms with Gasteiger partial charge in [0.25, 0.3) is 0 Å². The predicted octanol–water partition coefficient (Wildman–Crippen LogP) is 7.55. The molecule has 4 nitrogen and oxygen atoms in total. The van der Waals surface area contributed by atoms with Gasteiger partial charge in [-0.1, -0.05) is 97.1 Å². The van der Waals surface area contributed by atoms with E-state index >= 15 is 0 Å². The Morgan fingerprint density at radius 3 is 2.19 bits per heavy atom. The number of aromatic nitrogens is 1. The Morgan fingerprint density at radius 1 is 0.703 bits per heavy atom. The molecular formula is C33H26N2O2. The van der Waals surface area contributed by atoms with E-state index in [2.05, 4.69) is 58.4 Å². The van der Waals surface area contributed by atoms with E-state index in [-0.39, 0.29) is 12.5 Å². The van der Waals surface area contributed by atoms with E-state index in [1.165, 1.54) is 5.39 Å². The average molecular weight is 483 g/mol. The van der Waals surface area contributed by atoms with Crippen LogP contribution < -0.4 is 5.32 Å². The number of amides is 1. The zero-order valence-electron chi connectivity index (χ0n) is 20.3. The molecule has 1 N–H and O–H groups in total. The Labute approximate surface area is 215 Å². The van der Waals surface area contributed by atoms with Crippen LogP contribution >= 0.6 is 0 Å². The standard InChI is InChI=1S/C33H26N2O2/c36-32(34-22-24-10-3-1-4-11-24)23-35-30(28-18-17-25-12-7-8-15-27(25)20-28)21-29(26-13-5-2-6-14-26)33(35)31-16-9-19-37-31/h1-21H,22-23H2,(H,34,36). The van der Waals surface area contributed by atoms with Crippen LogP contribution in [0.3, 0.4) is 0 Å². The molecule has 0 spiro atoms. The largest absolute Gasteiger partial charge is 0.463 e. The van der Waals surface area contributed by atoms with Gasteiger partial charge in [0.2, 0.25) is 5.91 Å². The van der Waals surface area contributed by atoms with Crippen LogP contribution in [0.1, 0.15) is 5.56 Å². The molecule has 0 fully saturated rings. The third-order valence-electron chi connectivity index (χ3n) is 6.62. The number of fused-ring (bicyclic) bond motifs is 1. The van der Waals surface area contributed by atoms with E-state index in [1.54, 1.807) is 6.26 Å². The number of nitrogens with zero attached hydrogens (tertiary/aromatic N) is 1. The van der Waals surface area contributed by atoms with Crippen molar-refractivity contribution in [1.82, 2.24) is 9.88 Å². The first-order valence-corrected chi connectivity index (χ1v) is 12.4. The van der Waals surface area contributed by atoms with Crippen LogP contribution in [-0.4, -0.2) is 10.5 Å². The van der Waals surface area contributed by atoms with E-state index in [1.807, 2.05) is 72.8 Å². The molecule has 0 saturated heterocycles. The molecule has 180 valence electrons. The fourth-order valence-corrected chi connectivity index (χ4v) is 4.81. The highest BCUT2D eigenvalue weighted by Crippen LogP contribution is 2.39. The van der Waals surface area contributed by atoms with Gasteiger partial charge in [-0.15, -0.1) is 0 Å². The minimum absolute atomic E-state index is 0.0612. The zero-order chi connectivity index (χ0) is 25.0. The van der Waals surface area contributed by atoms with E-state index in [9.17, 15) is 4.79 Å². The number of hydrogen-bond acceptors (Lipinski definition) is 2. The molecule has 37 heavy (non-hydrogen) atoms. The molecule has 2 aromatic heterocycles. The lowest BCUT2D eigenvalue weighted by Crippen LogP contribution is -2.27. The topological polar surface area (TPSA) is 47.2 Å². The van der Waals surface area contributed by atoms with Crippen molar-refractivity contribution in [3.8, 4) is 33.8 Å². The van der Waals surface area contributed by atoms with Crippen LogP contribution in [0, 0.1) is 0 Å². The van der Waals surface area contributed by atoms with E-state index < -0.39 is 0 Å². The number of carbonyl (C=O) groups is 1. The lowest BCUT2D eigenvalue weighted by molar-refractivity contribution is -0.121. The van der Waals surface area contributed by atoms with Gasteiger partial charge in [0.15, 0.2) is 5.76 Å². The van der Waals surface area contributed by atoms with E-state index in [4.69, 9.17) is 4.42 Å². The normalized spacial score (nSPS) is 11.0. The maximum Gasteiger partial charge on any atom is 0.240 e. The van der Waals surface area contributed by atoms with Gasteiger partial charge >= 0.3 is 0 Å². The molecule has 0 aliphatic heterocycles. The second kappa shape index (κ2) is 10.0.